The molecular formula is C34H38O6S. The lowest BCUT2D eigenvalue weighted by molar-refractivity contribution is -0.140. The molecule has 3 aromatic rings. The van der Waals surface area contributed by atoms with Crippen molar-refractivity contribution in [1.82, 2.24) is 0 Å². The van der Waals surface area contributed by atoms with E-state index in [4.69, 9.17) is 14.2 Å². The van der Waals surface area contributed by atoms with Gasteiger partial charge in [-0.1, -0.05) is 30.2 Å². The Labute approximate surface area is 244 Å². The Balaban J connectivity index is 1.47. The highest BCUT2D eigenvalue weighted by Gasteiger charge is 2.19. The Kier molecular flexibility index (Phi) is 10.1. The molecule has 1 atom stereocenters. The molecule has 0 aliphatic heterocycles. The minimum absolute atomic E-state index is 0.128. The second kappa shape index (κ2) is 13.7. The smallest absolute Gasteiger partial charge is 0.307 e. The van der Waals surface area contributed by atoms with Crippen LogP contribution >= 0.6 is 0 Å². The number of esters is 1. The summed E-state index contributed by atoms with van der Waals surface area (Å²) in [6.07, 6.45) is 4.96. The van der Waals surface area contributed by atoms with E-state index in [2.05, 4.69) is 49.1 Å². The monoisotopic (exact) mass is 574 g/mol. The first kappa shape index (κ1) is 30.2. The standard InChI is InChI=1S/C34H38O6S/c1-5-8-28(22-33(35)38-3)26-13-15-30(16-14-26)40-23-25-11-12-27-9-6-10-29-21-31(39-17-7-18-41(4,36)37)19-24(2)34(29)32(27)20-25/h11-16,19-21,28H,6-7,9-10,17-18,22-23H2,1-4H3. The largest absolute Gasteiger partial charge is 0.494 e. The zero-order valence-electron chi connectivity index (χ0n) is 24.3. The van der Waals surface area contributed by atoms with E-state index in [-0.39, 0.29) is 24.1 Å². The molecule has 4 rings (SSSR count). The van der Waals surface area contributed by atoms with E-state index in [0.717, 1.165) is 47.5 Å². The number of fused-ring (bicyclic) bond motifs is 3. The number of methoxy groups -OCH3 is 1. The molecule has 0 spiro atoms. The molecule has 0 amide bonds. The maximum absolute atomic E-state index is 11.8. The third kappa shape index (κ3) is 8.37. The molecule has 0 saturated heterocycles. The molecule has 216 valence electrons. The highest BCUT2D eigenvalue weighted by Crippen LogP contribution is 2.38. The lowest BCUT2D eigenvalue weighted by Crippen LogP contribution is -2.08. The van der Waals surface area contributed by atoms with Crippen molar-refractivity contribution in [2.75, 3.05) is 25.7 Å². The van der Waals surface area contributed by atoms with E-state index in [1.165, 1.54) is 35.6 Å². The first-order valence-corrected chi connectivity index (χ1v) is 16.0. The van der Waals surface area contributed by atoms with Crippen LogP contribution in [-0.4, -0.2) is 40.1 Å². The third-order valence-corrected chi connectivity index (χ3v) is 8.29. The van der Waals surface area contributed by atoms with Crippen molar-refractivity contribution in [3.05, 3.63) is 82.4 Å². The fraction of sp³-hybridized carbons (Fsp3) is 0.382. The Morgan fingerprint density at radius 1 is 0.976 bits per heavy atom. The third-order valence-electron chi connectivity index (χ3n) is 7.26. The molecule has 3 aromatic carbocycles. The van der Waals surface area contributed by atoms with Gasteiger partial charge >= 0.3 is 5.97 Å². The molecule has 0 saturated carbocycles. The minimum Gasteiger partial charge on any atom is -0.494 e. The highest BCUT2D eigenvalue weighted by atomic mass is 32.2. The summed E-state index contributed by atoms with van der Waals surface area (Å²) >= 11 is 0. The number of benzene rings is 3. The summed E-state index contributed by atoms with van der Waals surface area (Å²) in [5.41, 5.74) is 8.26. The van der Waals surface area contributed by atoms with Crippen molar-refractivity contribution < 1.29 is 27.4 Å². The van der Waals surface area contributed by atoms with Crippen molar-refractivity contribution in [3.63, 3.8) is 0 Å². The van der Waals surface area contributed by atoms with Gasteiger partial charge in [-0.3, -0.25) is 4.79 Å². The van der Waals surface area contributed by atoms with Crippen molar-refractivity contribution >= 4 is 15.8 Å². The molecular weight excluding hydrogens is 536 g/mol. The van der Waals surface area contributed by atoms with E-state index < -0.39 is 9.84 Å². The number of rotatable bonds is 11. The summed E-state index contributed by atoms with van der Waals surface area (Å²) in [6.45, 7) is 4.68. The number of carbonyl (C=O) groups is 1. The van der Waals surface area contributed by atoms with Gasteiger partial charge in [-0.15, -0.1) is 5.92 Å². The topological polar surface area (TPSA) is 78.9 Å². The number of ether oxygens (including phenoxy) is 3. The Morgan fingerprint density at radius 2 is 1.73 bits per heavy atom. The molecule has 1 aliphatic rings. The fourth-order valence-electron chi connectivity index (χ4n) is 5.27. The Hall–Kier alpha value is -3.76. The lowest BCUT2D eigenvalue weighted by Gasteiger charge is -2.17. The zero-order valence-corrected chi connectivity index (χ0v) is 25.1. The molecule has 0 heterocycles. The van der Waals surface area contributed by atoms with E-state index in [0.29, 0.717) is 19.6 Å². The Bertz CT molecular complexity index is 1540. The van der Waals surface area contributed by atoms with Gasteiger partial charge in [0.05, 0.1) is 31.8 Å². The second-order valence-corrected chi connectivity index (χ2v) is 12.8. The van der Waals surface area contributed by atoms with Crippen LogP contribution < -0.4 is 9.47 Å². The van der Waals surface area contributed by atoms with Crippen molar-refractivity contribution in [3.8, 4) is 34.5 Å². The first-order valence-electron chi connectivity index (χ1n) is 13.9. The maximum Gasteiger partial charge on any atom is 0.307 e. The van der Waals surface area contributed by atoms with Crippen molar-refractivity contribution in [2.24, 2.45) is 0 Å². The average Bonchev–Trinajstić information content (AvgIpc) is 3.13. The van der Waals surface area contributed by atoms with Crippen LogP contribution in [0.4, 0.5) is 0 Å². The summed E-state index contributed by atoms with van der Waals surface area (Å²) < 4.78 is 39.7. The predicted molar refractivity (Wildman–Crippen MR) is 162 cm³/mol. The van der Waals surface area contributed by atoms with Gasteiger partial charge in [-0.05, 0) is 109 Å². The van der Waals surface area contributed by atoms with Crippen LogP contribution in [0.3, 0.4) is 0 Å². The quantitative estimate of drug-likeness (QED) is 0.154. The summed E-state index contributed by atoms with van der Waals surface area (Å²) in [6, 6.07) is 18.5. The highest BCUT2D eigenvalue weighted by molar-refractivity contribution is 7.90. The van der Waals surface area contributed by atoms with E-state index >= 15 is 0 Å². The minimum atomic E-state index is -2.99. The summed E-state index contributed by atoms with van der Waals surface area (Å²) in [7, 11) is -1.60. The molecule has 6 nitrogen and oxygen atoms in total. The molecule has 1 unspecified atom stereocenters. The van der Waals surface area contributed by atoms with Gasteiger partial charge in [0, 0.05) is 6.26 Å². The summed E-state index contributed by atoms with van der Waals surface area (Å²) in [4.78, 5) is 11.8. The van der Waals surface area contributed by atoms with E-state index in [9.17, 15) is 13.2 Å². The van der Waals surface area contributed by atoms with Crippen molar-refractivity contribution in [1.29, 1.82) is 0 Å². The van der Waals surface area contributed by atoms with Crippen LogP contribution in [0.2, 0.25) is 0 Å². The molecule has 0 N–H and O–H groups in total. The van der Waals surface area contributed by atoms with Crippen LogP contribution in [0.5, 0.6) is 11.5 Å². The van der Waals surface area contributed by atoms with Crippen LogP contribution in [-0.2, 0) is 38.8 Å². The van der Waals surface area contributed by atoms with Crippen LogP contribution in [0.25, 0.3) is 11.1 Å². The predicted octanol–water partition coefficient (Wildman–Crippen LogP) is 6.21. The van der Waals surface area contributed by atoms with Gasteiger partial charge < -0.3 is 14.2 Å². The average molecular weight is 575 g/mol. The van der Waals surface area contributed by atoms with Gasteiger partial charge in [0.25, 0.3) is 0 Å². The van der Waals surface area contributed by atoms with E-state index in [1.54, 1.807) is 6.92 Å². The molecule has 0 bridgehead atoms. The normalized spacial score (nSPS) is 13.1. The molecule has 0 fully saturated rings. The maximum atomic E-state index is 11.8. The first-order chi connectivity index (χ1) is 19.7. The molecule has 7 heteroatoms. The van der Waals surface area contributed by atoms with Gasteiger partial charge in [-0.25, -0.2) is 8.42 Å². The molecule has 1 aliphatic carbocycles. The lowest BCUT2D eigenvalue weighted by atomic mass is 9.91. The number of hydrogen-bond donors (Lipinski definition) is 0. The van der Waals surface area contributed by atoms with Crippen LogP contribution in [0.1, 0.15) is 59.9 Å². The molecule has 41 heavy (non-hydrogen) atoms. The number of carbonyl (C=O) groups excluding carboxylic acids is 1. The van der Waals surface area contributed by atoms with Gasteiger partial charge in [0.15, 0.2) is 0 Å². The van der Waals surface area contributed by atoms with Crippen LogP contribution in [0, 0.1) is 18.8 Å². The van der Waals surface area contributed by atoms with Crippen molar-refractivity contribution in [2.45, 2.75) is 58.5 Å². The van der Waals surface area contributed by atoms with Gasteiger partial charge in [0.1, 0.15) is 27.9 Å². The summed E-state index contributed by atoms with van der Waals surface area (Å²) in [5.74, 6) is 7.16. The number of aryl methyl sites for hydroxylation is 3. The van der Waals surface area contributed by atoms with Crippen LogP contribution in [0.15, 0.2) is 54.6 Å². The second-order valence-electron chi connectivity index (χ2n) is 10.5. The zero-order chi connectivity index (χ0) is 29.4. The molecule has 0 radical (unpaired) electrons. The number of sulfone groups is 1. The van der Waals surface area contributed by atoms with E-state index in [1.807, 2.05) is 24.3 Å². The number of hydrogen-bond acceptors (Lipinski definition) is 6. The Morgan fingerprint density at radius 3 is 2.44 bits per heavy atom. The molecule has 0 aromatic heterocycles. The fourth-order valence-corrected chi connectivity index (χ4v) is 5.92. The summed E-state index contributed by atoms with van der Waals surface area (Å²) in [5, 5.41) is 0. The van der Waals surface area contributed by atoms with Gasteiger partial charge in [0.2, 0.25) is 0 Å². The van der Waals surface area contributed by atoms with Gasteiger partial charge in [-0.2, -0.15) is 0 Å². The SMILES string of the molecule is CC#CC(CC(=O)OC)c1ccc(OCc2ccc3c(c2)-c2c(C)cc(OCCCS(C)(=O)=O)cc2CCC3)cc1.